The lowest BCUT2D eigenvalue weighted by Crippen LogP contribution is -2.23. The molecule has 32 heavy (non-hydrogen) atoms. The molecule has 0 aliphatic carbocycles. The zero-order valence-corrected chi connectivity index (χ0v) is 18.0. The first-order chi connectivity index (χ1) is 15.5. The minimum atomic E-state index is -0.241. The molecule has 2 aromatic carbocycles. The van der Waals surface area contributed by atoms with Crippen LogP contribution in [-0.2, 0) is 13.2 Å². The van der Waals surface area contributed by atoms with Gasteiger partial charge in [0.25, 0.3) is 5.91 Å². The summed E-state index contributed by atoms with van der Waals surface area (Å²) in [6.07, 6.45) is 0. The van der Waals surface area contributed by atoms with Crippen LogP contribution in [0.3, 0.4) is 0 Å². The van der Waals surface area contributed by atoms with Crippen LogP contribution in [0, 0.1) is 13.8 Å². The Bertz CT molecular complexity index is 1190. The van der Waals surface area contributed by atoms with Crippen molar-refractivity contribution in [3.8, 4) is 22.9 Å². The lowest BCUT2D eigenvalue weighted by atomic mass is 10.2. The van der Waals surface area contributed by atoms with Crippen LogP contribution in [0.5, 0.6) is 11.5 Å². The molecular weight excluding hydrogens is 410 g/mol. The maximum atomic E-state index is 12.6. The molecule has 2 N–H and O–H groups in total. The first-order valence-electron chi connectivity index (χ1n) is 10.0. The van der Waals surface area contributed by atoms with Crippen molar-refractivity contribution in [2.75, 3.05) is 7.11 Å². The highest BCUT2D eigenvalue weighted by Crippen LogP contribution is 2.20. The van der Waals surface area contributed by atoms with E-state index >= 15 is 0 Å². The predicted molar refractivity (Wildman–Crippen MR) is 116 cm³/mol. The van der Waals surface area contributed by atoms with Crippen LogP contribution in [0.2, 0.25) is 0 Å². The molecule has 0 saturated carbocycles. The summed E-state index contributed by atoms with van der Waals surface area (Å²) in [6.45, 7) is 4.24. The van der Waals surface area contributed by atoms with Crippen LogP contribution in [0.4, 0.5) is 0 Å². The Balaban J connectivity index is 1.35. The fourth-order valence-electron chi connectivity index (χ4n) is 3.10. The van der Waals surface area contributed by atoms with E-state index in [1.54, 1.807) is 31.4 Å². The van der Waals surface area contributed by atoms with Gasteiger partial charge in [-0.15, -0.1) is 0 Å². The smallest absolute Gasteiger partial charge is 0.251 e. The number of aromatic nitrogens is 4. The molecule has 0 unspecified atom stereocenters. The van der Waals surface area contributed by atoms with E-state index in [1.807, 2.05) is 38.1 Å². The second-order valence-corrected chi connectivity index (χ2v) is 7.14. The Hall–Kier alpha value is -4.14. The van der Waals surface area contributed by atoms with Gasteiger partial charge in [-0.25, -0.2) is 4.98 Å². The molecule has 0 bridgehead atoms. The number of nitrogens with one attached hydrogen (secondary N) is 2. The molecule has 0 aliphatic heterocycles. The van der Waals surface area contributed by atoms with Crippen LogP contribution in [0.1, 0.15) is 33.2 Å². The molecule has 0 aliphatic rings. The van der Waals surface area contributed by atoms with Crippen molar-refractivity contribution in [2.24, 2.45) is 0 Å². The standard InChI is InChI=1S/C23H23N5O4/c1-14-20(15(2)32-28-14)13-31-19-6-4-5-17(11-19)23(29)24-12-21-25-22(27-26-21)16-7-9-18(30-3)10-8-16/h4-11H,12-13H2,1-3H3,(H,24,29)(H,25,26,27). The molecule has 4 aromatic rings. The van der Waals surface area contributed by atoms with Crippen molar-refractivity contribution in [2.45, 2.75) is 27.0 Å². The second-order valence-electron chi connectivity index (χ2n) is 7.14. The molecule has 2 heterocycles. The van der Waals surface area contributed by atoms with Gasteiger partial charge in [-0.2, -0.15) is 5.10 Å². The van der Waals surface area contributed by atoms with Crippen LogP contribution >= 0.6 is 0 Å². The maximum Gasteiger partial charge on any atom is 0.251 e. The van der Waals surface area contributed by atoms with Gasteiger partial charge in [0.2, 0.25) is 0 Å². The van der Waals surface area contributed by atoms with E-state index in [2.05, 4.69) is 25.7 Å². The number of amides is 1. The van der Waals surface area contributed by atoms with Crippen molar-refractivity contribution >= 4 is 5.91 Å². The number of aromatic amines is 1. The highest BCUT2D eigenvalue weighted by atomic mass is 16.5. The summed E-state index contributed by atoms with van der Waals surface area (Å²) in [7, 11) is 1.61. The average Bonchev–Trinajstić information content (AvgIpc) is 3.42. The van der Waals surface area contributed by atoms with Crippen molar-refractivity contribution in [3.63, 3.8) is 0 Å². The quantitative estimate of drug-likeness (QED) is 0.436. The summed E-state index contributed by atoms with van der Waals surface area (Å²) in [6, 6.07) is 14.4. The monoisotopic (exact) mass is 433 g/mol. The number of aryl methyl sites for hydroxylation is 2. The molecule has 4 rings (SSSR count). The van der Waals surface area contributed by atoms with Gasteiger partial charge in [-0.05, 0) is 56.3 Å². The summed E-state index contributed by atoms with van der Waals surface area (Å²) in [4.78, 5) is 17.0. The van der Waals surface area contributed by atoms with Gasteiger partial charge < -0.3 is 19.3 Å². The lowest BCUT2D eigenvalue weighted by Gasteiger charge is -2.08. The predicted octanol–water partition coefficient (Wildman–Crippen LogP) is 3.59. The Morgan fingerprint density at radius 3 is 2.66 bits per heavy atom. The average molecular weight is 433 g/mol. The number of ether oxygens (including phenoxy) is 2. The zero-order valence-electron chi connectivity index (χ0n) is 18.0. The molecule has 1 amide bonds. The molecule has 0 radical (unpaired) electrons. The van der Waals surface area contributed by atoms with Crippen molar-refractivity contribution in [1.82, 2.24) is 25.7 Å². The molecule has 2 aromatic heterocycles. The molecule has 0 spiro atoms. The van der Waals surface area contributed by atoms with E-state index in [-0.39, 0.29) is 12.5 Å². The molecule has 164 valence electrons. The SMILES string of the molecule is COc1ccc(-c2n[nH]c(CNC(=O)c3cccc(OCc4c(C)noc4C)c3)n2)cc1. The maximum absolute atomic E-state index is 12.6. The number of carbonyl (C=O) groups is 1. The van der Waals surface area contributed by atoms with E-state index in [9.17, 15) is 4.79 Å². The van der Waals surface area contributed by atoms with Gasteiger partial charge in [0.05, 0.1) is 24.9 Å². The fourth-order valence-corrected chi connectivity index (χ4v) is 3.10. The fraction of sp³-hybridized carbons (Fsp3) is 0.217. The number of carbonyl (C=O) groups excluding carboxylic acids is 1. The number of hydrogen-bond acceptors (Lipinski definition) is 7. The topological polar surface area (TPSA) is 115 Å². The van der Waals surface area contributed by atoms with Crippen molar-refractivity contribution in [3.05, 3.63) is 76.9 Å². The Labute approximate surface area is 184 Å². The summed E-state index contributed by atoms with van der Waals surface area (Å²) < 4.78 is 16.1. The highest BCUT2D eigenvalue weighted by molar-refractivity contribution is 5.94. The number of methoxy groups -OCH3 is 1. The van der Waals surface area contributed by atoms with Gasteiger partial charge in [0, 0.05) is 11.1 Å². The third-order valence-corrected chi connectivity index (χ3v) is 4.96. The molecule has 0 fully saturated rings. The van der Waals surface area contributed by atoms with E-state index in [0.717, 1.165) is 28.3 Å². The van der Waals surface area contributed by atoms with Gasteiger partial charge in [-0.1, -0.05) is 11.2 Å². The van der Waals surface area contributed by atoms with Gasteiger partial charge in [-0.3, -0.25) is 9.89 Å². The largest absolute Gasteiger partial charge is 0.497 e. The van der Waals surface area contributed by atoms with E-state index in [0.29, 0.717) is 29.6 Å². The third-order valence-electron chi connectivity index (χ3n) is 4.96. The first-order valence-corrected chi connectivity index (χ1v) is 10.0. The van der Waals surface area contributed by atoms with Crippen LogP contribution < -0.4 is 14.8 Å². The molecular formula is C23H23N5O4. The van der Waals surface area contributed by atoms with E-state index < -0.39 is 0 Å². The third kappa shape index (κ3) is 4.77. The minimum Gasteiger partial charge on any atom is -0.497 e. The van der Waals surface area contributed by atoms with E-state index in [1.165, 1.54) is 0 Å². The first kappa shape index (κ1) is 21.1. The normalized spacial score (nSPS) is 10.7. The summed E-state index contributed by atoms with van der Waals surface area (Å²) in [5.41, 5.74) is 3.02. The summed E-state index contributed by atoms with van der Waals surface area (Å²) >= 11 is 0. The van der Waals surface area contributed by atoms with Crippen molar-refractivity contribution in [1.29, 1.82) is 0 Å². The second kappa shape index (κ2) is 9.34. The minimum absolute atomic E-state index is 0.214. The van der Waals surface area contributed by atoms with Gasteiger partial charge in [0.15, 0.2) is 5.82 Å². The number of rotatable bonds is 8. The Morgan fingerprint density at radius 2 is 1.94 bits per heavy atom. The van der Waals surface area contributed by atoms with Gasteiger partial charge >= 0.3 is 0 Å². The molecule has 9 heteroatoms. The van der Waals surface area contributed by atoms with Crippen LogP contribution in [0.15, 0.2) is 53.1 Å². The van der Waals surface area contributed by atoms with Crippen LogP contribution in [-0.4, -0.2) is 33.4 Å². The zero-order chi connectivity index (χ0) is 22.5. The number of hydrogen-bond donors (Lipinski definition) is 2. The molecule has 9 nitrogen and oxygen atoms in total. The van der Waals surface area contributed by atoms with Crippen LogP contribution in [0.25, 0.3) is 11.4 Å². The number of nitrogens with zero attached hydrogens (tertiary/aromatic N) is 3. The molecule has 0 atom stereocenters. The van der Waals surface area contributed by atoms with E-state index in [4.69, 9.17) is 14.0 Å². The Kier molecular flexibility index (Phi) is 6.16. The number of H-pyrrole nitrogens is 1. The molecule has 0 saturated heterocycles. The Morgan fingerprint density at radius 1 is 1.12 bits per heavy atom. The lowest BCUT2D eigenvalue weighted by molar-refractivity contribution is 0.0949. The summed E-state index contributed by atoms with van der Waals surface area (Å²) in [5, 5.41) is 13.8. The van der Waals surface area contributed by atoms with Gasteiger partial charge in [0.1, 0.15) is 29.7 Å². The number of benzene rings is 2. The van der Waals surface area contributed by atoms with Crippen molar-refractivity contribution < 1.29 is 18.8 Å². The highest BCUT2D eigenvalue weighted by Gasteiger charge is 2.12. The summed E-state index contributed by atoms with van der Waals surface area (Å²) in [5.74, 6) is 2.92.